The van der Waals surface area contributed by atoms with Crippen molar-refractivity contribution >= 4 is 11.9 Å². The Labute approximate surface area is 116 Å². The minimum atomic E-state index is -0.975. The molecule has 5 nitrogen and oxygen atoms in total. The number of rotatable bonds is 3. The standard InChI is InChI=1S/C15H18O5/c16-13(17)11-9-1-2-10(19-9)12(11)14(18)20-15-5-3-8(7-15)4-6-15/h1-2,8-12H,3-7H2,(H,16,17). The summed E-state index contributed by atoms with van der Waals surface area (Å²) in [6.45, 7) is 0. The lowest BCUT2D eigenvalue weighted by Crippen LogP contribution is -2.41. The Bertz CT molecular complexity index is 488. The SMILES string of the molecule is O=C(O)C1C2C=CC(O2)C1C(=O)OC12CCC(CC1)C2. The number of carboxylic acids is 1. The van der Waals surface area contributed by atoms with E-state index in [0.29, 0.717) is 5.92 Å². The second-order valence-corrected chi connectivity index (χ2v) is 6.59. The molecule has 1 saturated heterocycles. The molecule has 0 aromatic heterocycles. The third-order valence-corrected chi connectivity index (χ3v) is 5.45. The molecule has 4 atom stereocenters. The lowest BCUT2D eigenvalue weighted by atomic mass is 9.83. The molecule has 0 aromatic rings. The topological polar surface area (TPSA) is 72.8 Å². The molecule has 2 heterocycles. The number of aliphatic carboxylic acids is 1. The summed E-state index contributed by atoms with van der Waals surface area (Å²) < 4.78 is 11.3. The first-order valence-electron chi connectivity index (χ1n) is 7.37. The van der Waals surface area contributed by atoms with Crippen molar-refractivity contribution in [1.82, 2.24) is 0 Å². The van der Waals surface area contributed by atoms with Crippen LogP contribution < -0.4 is 0 Å². The minimum absolute atomic E-state index is 0.309. The van der Waals surface area contributed by atoms with Crippen molar-refractivity contribution in [2.45, 2.75) is 49.9 Å². The Balaban J connectivity index is 1.53. The predicted molar refractivity (Wildman–Crippen MR) is 67.8 cm³/mol. The molecular weight excluding hydrogens is 260 g/mol. The van der Waals surface area contributed by atoms with Gasteiger partial charge in [0, 0.05) is 0 Å². The molecule has 0 spiro atoms. The summed E-state index contributed by atoms with van der Waals surface area (Å²) in [5, 5.41) is 9.32. The van der Waals surface area contributed by atoms with Crippen LogP contribution in [-0.4, -0.2) is 34.9 Å². The molecule has 4 unspecified atom stereocenters. The molecular formula is C15H18O5. The third kappa shape index (κ3) is 1.65. The number of esters is 1. The highest BCUT2D eigenvalue weighted by atomic mass is 16.6. The van der Waals surface area contributed by atoms with Gasteiger partial charge in [-0.1, -0.05) is 12.2 Å². The van der Waals surface area contributed by atoms with Crippen LogP contribution in [0.15, 0.2) is 12.2 Å². The van der Waals surface area contributed by atoms with Crippen LogP contribution in [0.5, 0.6) is 0 Å². The van der Waals surface area contributed by atoms with E-state index in [9.17, 15) is 14.7 Å². The van der Waals surface area contributed by atoms with E-state index < -0.39 is 30.0 Å². The van der Waals surface area contributed by atoms with Crippen molar-refractivity contribution in [3.63, 3.8) is 0 Å². The van der Waals surface area contributed by atoms with Gasteiger partial charge in [0.25, 0.3) is 0 Å². The number of hydrogen-bond acceptors (Lipinski definition) is 4. The van der Waals surface area contributed by atoms with Gasteiger partial charge in [0.2, 0.25) is 0 Å². The van der Waals surface area contributed by atoms with Gasteiger partial charge in [-0.3, -0.25) is 9.59 Å². The van der Waals surface area contributed by atoms with Crippen LogP contribution in [0.3, 0.4) is 0 Å². The smallest absolute Gasteiger partial charge is 0.313 e. The van der Waals surface area contributed by atoms with E-state index in [1.54, 1.807) is 12.2 Å². The zero-order valence-electron chi connectivity index (χ0n) is 11.2. The molecule has 3 fully saturated rings. The molecule has 0 aromatic carbocycles. The molecule has 4 bridgehead atoms. The number of fused-ring (bicyclic) bond motifs is 4. The van der Waals surface area contributed by atoms with Gasteiger partial charge < -0.3 is 14.6 Å². The molecule has 108 valence electrons. The first-order chi connectivity index (χ1) is 9.58. The fourth-order valence-corrected chi connectivity index (χ4v) is 4.45. The Hall–Kier alpha value is -1.36. The van der Waals surface area contributed by atoms with Crippen molar-refractivity contribution in [3.8, 4) is 0 Å². The number of carbonyl (C=O) groups is 2. The normalized spacial score (nSPS) is 47.9. The zero-order valence-corrected chi connectivity index (χ0v) is 11.2. The Kier molecular flexibility index (Phi) is 2.52. The van der Waals surface area contributed by atoms with E-state index in [1.165, 1.54) is 0 Å². The average molecular weight is 278 g/mol. The Morgan fingerprint density at radius 2 is 1.80 bits per heavy atom. The minimum Gasteiger partial charge on any atom is -0.481 e. The van der Waals surface area contributed by atoms with Gasteiger partial charge in [0.15, 0.2) is 0 Å². The van der Waals surface area contributed by atoms with Crippen LogP contribution in [0.1, 0.15) is 32.1 Å². The first-order valence-corrected chi connectivity index (χ1v) is 7.37. The van der Waals surface area contributed by atoms with E-state index in [0.717, 1.165) is 32.1 Å². The zero-order chi connectivity index (χ0) is 13.9. The van der Waals surface area contributed by atoms with Crippen LogP contribution >= 0.6 is 0 Å². The van der Waals surface area contributed by atoms with Crippen molar-refractivity contribution in [2.75, 3.05) is 0 Å². The largest absolute Gasteiger partial charge is 0.481 e. The number of carbonyl (C=O) groups excluding carboxylic acids is 1. The first kappa shape index (κ1) is 12.4. The highest BCUT2D eigenvalue weighted by Crippen LogP contribution is 2.51. The monoisotopic (exact) mass is 278 g/mol. The summed E-state index contributed by atoms with van der Waals surface area (Å²) in [7, 11) is 0. The van der Waals surface area contributed by atoms with Crippen molar-refractivity contribution in [1.29, 1.82) is 0 Å². The summed E-state index contributed by atoms with van der Waals surface area (Å²) in [4.78, 5) is 23.9. The fourth-order valence-electron chi connectivity index (χ4n) is 4.45. The lowest BCUT2D eigenvalue weighted by Gasteiger charge is -2.30. The second-order valence-electron chi connectivity index (χ2n) is 6.59. The van der Waals surface area contributed by atoms with Gasteiger partial charge in [-0.15, -0.1) is 0 Å². The molecule has 2 aliphatic heterocycles. The number of carboxylic acid groups (broad SMARTS) is 1. The van der Waals surface area contributed by atoms with Crippen LogP contribution in [0, 0.1) is 17.8 Å². The Morgan fingerprint density at radius 1 is 1.15 bits per heavy atom. The van der Waals surface area contributed by atoms with Gasteiger partial charge in [-0.05, 0) is 38.0 Å². The quantitative estimate of drug-likeness (QED) is 0.626. The van der Waals surface area contributed by atoms with Gasteiger partial charge in [-0.25, -0.2) is 0 Å². The van der Waals surface area contributed by atoms with E-state index in [2.05, 4.69) is 0 Å². The van der Waals surface area contributed by atoms with Crippen molar-refractivity contribution in [3.05, 3.63) is 12.2 Å². The van der Waals surface area contributed by atoms with Crippen LogP contribution in [0.2, 0.25) is 0 Å². The molecule has 1 N–H and O–H groups in total. The number of hydrogen-bond donors (Lipinski definition) is 1. The van der Waals surface area contributed by atoms with Gasteiger partial charge >= 0.3 is 11.9 Å². The molecule has 5 heteroatoms. The highest BCUT2D eigenvalue weighted by molar-refractivity contribution is 5.84. The van der Waals surface area contributed by atoms with E-state index in [4.69, 9.17) is 9.47 Å². The molecule has 4 rings (SSSR count). The maximum Gasteiger partial charge on any atom is 0.313 e. The molecule has 2 saturated carbocycles. The summed E-state index contributed by atoms with van der Waals surface area (Å²) in [5.41, 5.74) is -0.309. The van der Waals surface area contributed by atoms with E-state index in [-0.39, 0.29) is 11.6 Å². The number of ether oxygens (including phenoxy) is 2. The average Bonchev–Trinajstić information content (AvgIpc) is 3.16. The predicted octanol–water partition coefficient (Wildman–Crippen LogP) is 1.52. The summed E-state index contributed by atoms with van der Waals surface area (Å²) in [6, 6.07) is 0. The molecule has 20 heavy (non-hydrogen) atoms. The fraction of sp³-hybridized carbons (Fsp3) is 0.733. The van der Waals surface area contributed by atoms with Crippen molar-refractivity contribution < 1.29 is 24.2 Å². The highest BCUT2D eigenvalue weighted by Gasteiger charge is 2.56. The maximum absolute atomic E-state index is 12.5. The third-order valence-electron chi connectivity index (χ3n) is 5.45. The summed E-state index contributed by atoms with van der Waals surface area (Å²) >= 11 is 0. The molecule has 2 aliphatic carbocycles. The summed E-state index contributed by atoms with van der Waals surface area (Å²) in [5.74, 6) is -2.15. The molecule has 0 radical (unpaired) electrons. The molecule has 0 amide bonds. The van der Waals surface area contributed by atoms with E-state index in [1.807, 2.05) is 0 Å². The maximum atomic E-state index is 12.5. The van der Waals surface area contributed by atoms with Crippen LogP contribution in [0.25, 0.3) is 0 Å². The van der Waals surface area contributed by atoms with Gasteiger partial charge in [0.05, 0.1) is 12.2 Å². The van der Waals surface area contributed by atoms with E-state index >= 15 is 0 Å². The van der Waals surface area contributed by atoms with Crippen molar-refractivity contribution in [2.24, 2.45) is 17.8 Å². The molecule has 4 aliphatic rings. The summed E-state index contributed by atoms with van der Waals surface area (Å²) in [6.07, 6.45) is 7.69. The second kappa shape index (κ2) is 4.07. The van der Waals surface area contributed by atoms with Gasteiger partial charge in [-0.2, -0.15) is 0 Å². The lowest BCUT2D eigenvalue weighted by molar-refractivity contribution is -0.169. The Morgan fingerprint density at radius 3 is 2.35 bits per heavy atom. The van der Waals surface area contributed by atoms with Crippen LogP contribution in [0.4, 0.5) is 0 Å². The van der Waals surface area contributed by atoms with Gasteiger partial charge in [0.1, 0.15) is 17.4 Å². The van der Waals surface area contributed by atoms with Crippen LogP contribution in [-0.2, 0) is 19.1 Å².